The van der Waals surface area contributed by atoms with Crippen molar-refractivity contribution in [3.05, 3.63) is 18.2 Å². The van der Waals surface area contributed by atoms with Crippen LogP contribution in [0.25, 0.3) is 0 Å². The van der Waals surface area contributed by atoms with Gasteiger partial charge < -0.3 is 16.0 Å². The number of rotatable bonds is 8. The van der Waals surface area contributed by atoms with E-state index in [0.29, 0.717) is 11.7 Å². The summed E-state index contributed by atoms with van der Waals surface area (Å²) in [6.45, 7) is 6.10. The van der Waals surface area contributed by atoms with Crippen LogP contribution < -0.4 is 16.2 Å². The fourth-order valence-corrected chi connectivity index (χ4v) is 2.60. The summed E-state index contributed by atoms with van der Waals surface area (Å²) in [4.78, 5) is 2.25. The van der Waals surface area contributed by atoms with Crippen molar-refractivity contribution in [3.8, 4) is 0 Å². The van der Waals surface area contributed by atoms with Gasteiger partial charge in [0.25, 0.3) is 0 Å². The van der Waals surface area contributed by atoms with Crippen LogP contribution in [0.3, 0.4) is 0 Å². The maximum Gasteiger partial charge on any atom is 0.240 e. The average molecular weight is 314 g/mol. The predicted octanol–water partition coefficient (Wildman–Crippen LogP) is 1.45. The third-order valence-electron chi connectivity index (χ3n) is 3.51. The molecule has 21 heavy (non-hydrogen) atoms. The molecule has 0 aromatic heterocycles. The van der Waals surface area contributed by atoms with E-state index in [4.69, 9.17) is 10.9 Å². The van der Waals surface area contributed by atoms with Crippen molar-refractivity contribution in [1.29, 1.82) is 0 Å². The summed E-state index contributed by atoms with van der Waals surface area (Å²) in [6, 6.07) is 5.34. The summed E-state index contributed by atoms with van der Waals surface area (Å²) in [5, 5.41) is 8.29. The number of anilines is 2. The zero-order chi connectivity index (χ0) is 16.0. The number of hydrogen-bond donors (Lipinski definition) is 3. The van der Waals surface area contributed by atoms with E-state index in [0.717, 1.165) is 25.9 Å². The first kappa shape index (κ1) is 17.7. The highest BCUT2D eigenvalue weighted by molar-refractivity contribution is 7.89. The number of unbranched alkanes of at least 4 members (excludes halogenated alkanes) is 1. The minimum atomic E-state index is -3.78. The smallest absolute Gasteiger partial charge is 0.240 e. The zero-order valence-electron chi connectivity index (χ0n) is 13.0. The number of nitrogens with zero attached hydrogens (tertiary/aromatic N) is 1. The molecule has 1 aromatic carbocycles. The zero-order valence-corrected chi connectivity index (χ0v) is 13.8. The van der Waals surface area contributed by atoms with Gasteiger partial charge >= 0.3 is 0 Å². The molecule has 0 bridgehead atoms. The van der Waals surface area contributed by atoms with Crippen molar-refractivity contribution >= 4 is 21.4 Å². The maximum atomic E-state index is 11.4. The van der Waals surface area contributed by atoms with Crippen molar-refractivity contribution < 1.29 is 8.42 Å². The Bertz CT molecular complexity index is 558. The van der Waals surface area contributed by atoms with E-state index in [-0.39, 0.29) is 10.6 Å². The van der Waals surface area contributed by atoms with Crippen LogP contribution in [0.2, 0.25) is 0 Å². The highest BCUT2D eigenvalue weighted by atomic mass is 32.2. The number of para-hydroxylation sites is 1. The van der Waals surface area contributed by atoms with Gasteiger partial charge in [-0.1, -0.05) is 6.07 Å². The Morgan fingerprint density at radius 1 is 1.29 bits per heavy atom. The predicted molar refractivity (Wildman–Crippen MR) is 87.7 cm³/mol. The standard InChI is InChI=1S/C14H26N4O2S/c1-11(2)18(3)10-5-4-9-17-12-7-6-8-13(14(12)15)21(16,19)20/h6-8,11,17H,4-5,9-10,15H2,1-3H3,(H2,16,19,20). The van der Waals surface area contributed by atoms with E-state index in [1.165, 1.54) is 6.07 Å². The summed E-state index contributed by atoms with van der Waals surface area (Å²) < 4.78 is 22.8. The van der Waals surface area contributed by atoms with Crippen LogP contribution in [0.15, 0.2) is 23.1 Å². The van der Waals surface area contributed by atoms with Gasteiger partial charge in [-0.05, 0) is 52.4 Å². The number of nitrogens with one attached hydrogen (secondary N) is 1. The molecule has 0 saturated heterocycles. The third-order valence-corrected chi connectivity index (χ3v) is 4.48. The van der Waals surface area contributed by atoms with Gasteiger partial charge in [0.1, 0.15) is 4.90 Å². The Hall–Kier alpha value is -1.31. The lowest BCUT2D eigenvalue weighted by atomic mass is 10.2. The number of primary sulfonamides is 1. The fraction of sp³-hybridized carbons (Fsp3) is 0.571. The quantitative estimate of drug-likeness (QED) is 0.498. The number of sulfonamides is 1. The molecule has 0 heterocycles. The molecule has 1 rings (SSSR count). The second-order valence-electron chi connectivity index (χ2n) is 5.47. The number of hydrogen-bond acceptors (Lipinski definition) is 5. The van der Waals surface area contributed by atoms with Crippen LogP contribution in [0.5, 0.6) is 0 Å². The van der Waals surface area contributed by atoms with Crippen molar-refractivity contribution in [3.63, 3.8) is 0 Å². The Morgan fingerprint density at radius 3 is 2.52 bits per heavy atom. The van der Waals surface area contributed by atoms with E-state index in [9.17, 15) is 8.42 Å². The second-order valence-corrected chi connectivity index (χ2v) is 7.00. The van der Waals surface area contributed by atoms with E-state index < -0.39 is 10.0 Å². The topological polar surface area (TPSA) is 101 Å². The summed E-state index contributed by atoms with van der Waals surface area (Å²) >= 11 is 0. The van der Waals surface area contributed by atoms with Gasteiger partial charge in [-0.25, -0.2) is 13.6 Å². The van der Waals surface area contributed by atoms with Gasteiger partial charge in [-0.2, -0.15) is 0 Å². The molecule has 0 unspecified atom stereocenters. The molecule has 1 aromatic rings. The molecule has 0 atom stereocenters. The van der Waals surface area contributed by atoms with Crippen molar-refractivity contribution in [1.82, 2.24) is 4.90 Å². The summed E-state index contributed by atoms with van der Waals surface area (Å²) in [5.41, 5.74) is 6.63. The normalized spacial score (nSPS) is 12.1. The molecule has 5 N–H and O–H groups in total. The van der Waals surface area contributed by atoms with Crippen molar-refractivity contribution in [2.75, 3.05) is 31.2 Å². The number of nitrogens with two attached hydrogens (primary N) is 2. The van der Waals surface area contributed by atoms with Crippen LogP contribution in [-0.2, 0) is 10.0 Å². The lowest BCUT2D eigenvalue weighted by Crippen LogP contribution is -2.27. The molecule has 0 saturated carbocycles. The largest absolute Gasteiger partial charge is 0.396 e. The minimum Gasteiger partial charge on any atom is -0.396 e. The fourth-order valence-electron chi connectivity index (χ4n) is 1.91. The highest BCUT2D eigenvalue weighted by Gasteiger charge is 2.14. The molecule has 0 fully saturated rings. The van der Waals surface area contributed by atoms with Crippen LogP contribution in [-0.4, -0.2) is 39.5 Å². The van der Waals surface area contributed by atoms with E-state index in [2.05, 4.69) is 31.1 Å². The van der Waals surface area contributed by atoms with Crippen LogP contribution in [0, 0.1) is 0 Å². The SMILES string of the molecule is CC(C)N(C)CCCCNc1cccc(S(N)(=O)=O)c1N. The third kappa shape index (κ3) is 5.53. The summed E-state index contributed by atoms with van der Waals surface area (Å²) in [5.74, 6) is 0. The molecule has 0 amide bonds. The van der Waals surface area contributed by atoms with E-state index in [1.54, 1.807) is 12.1 Å². The maximum absolute atomic E-state index is 11.4. The minimum absolute atomic E-state index is 0.0351. The first-order chi connectivity index (χ1) is 9.73. The molecule has 0 spiro atoms. The van der Waals surface area contributed by atoms with Crippen LogP contribution in [0.4, 0.5) is 11.4 Å². The lowest BCUT2D eigenvalue weighted by molar-refractivity contribution is 0.269. The average Bonchev–Trinajstić information content (AvgIpc) is 2.38. The second kappa shape index (κ2) is 7.63. The van der Waals surface area contributed by atoms with Gasteiger partial charge in [0.2, 0.25) is 10.0 Å². The van der Waals surface area contributed by atoms with Crippen LogP contribution in [0.1, 0.15) is 26.7 Å². The molecule has 120 valence electrons. The van der Waals surface area contributed by atoms with Gasteiger partial charge in [-0.15, -0.1) is 0 Å². The molecule has 0 aliphatic rings. The van der Waals surface area contributed by atoms with Gasteiger partial charge in [0.15, 0.2) is 0 Å². The molecular formula is C14H26N4O2S. The molecule has 6 nitrogen and oxygen atoms in total. The monoisotopic (exact) mass is 314 g/mol. The lowest BCUT2D eigenvalue weighted by Gasteiger charge is -2.20. The van der Waals surface area contributed by atoms with Crippen molar-refractivity contribution in [2.45, 2.75) is 37.6 Å². The summed E-state index contributed by atoms with van der Waals surface area (Å²) in [6.07, 6.45) is 2.05. The first-order valence-corrected chi connectivity index (χ1v) is 8.63. The first-order valence-electron chi connectivity index (χ1n) is 7.09. The van der Waals surface area contributed by atoms with Crippen LogP contribution >= 0.6 is 0 Å². The highest BCUT2D eigenvalue weighted by Crippen LogP contribution is 2.25. The number of nitrogen functional groups attached to an aromatic ring is 1. The molecule has 7 heteroatoms. The van der Waals surface area contributed by atoms with Gasteiger partial charge in [0, 0.05) is 12.6 Å². The Labute approximate surface area is 127 Å². The Morgan fingerprint density at radius 2 is 1.95 bits per heavy atom. The molecule has 0 aliphatic heterocycles. The van der Waals surface area contributed by atoms with E-state index in [1.807, 2.05) is 0 Å². The molecular weight excluding hydrogens is 288 g/mol. The molecule has 0 radical (unpaired) electrons. The van der Waals surface area contributed by atoms with Gasteiger partial charge in [-0.3, -0.25) is 0 Å². The van der Waals surface area contributed by atoms with Crippen molar-refractivity contribution in [2.24, 2.45) is 5.14 Å². The van der Waals surface area contributed by atoms with Gasteiger partial charge in [0.05, 0.1) is 11.4 Å². The number of benzene rings is 1. The Kier molecular flexibility index (Phi) is 6.44. The van der Waals surface area contributed by atoms with E-state index >= 15 is 0 Å². The molecule has 0 aliphatic carbocycles. The summed E-state index contributed by atoms with van der Waals surface area (Å²) in [7, 11) is -1.68. The Balaban J connectivity index is 2.50.